The van der Waals surface area contributed by atoms with Gasteiger partial charge >= 0.3 is 0 Å². The van der Waals surface area contributed by atoms with E-state index in [2.05, 4.69) is 49.3 Å². The van der Waals surface area contributed by atoms with Crippen molar-refractivity contribution < 1.29 is 9.53 Å². The third-order valence-electron chi connectivity index (χ3n) is 6.20. The Labute approximate surface area is 184 Å². The maximum absolute atomic E-state index is 12.4. The lowest BCUT2D eigenvalue weighted by Crippen LogP contribution is -2.25. The fourth-order valence-corrected chi connectivity index (χ4v) is 4.35. The number of hydrogen-bond donors (Lipinski definition) is 0. The number of para-hydroxylation sites is 2. The molecule has 1 aliphatic heterocycles. The van der Waals surface area contributed by atoms with Gasteiger partial charge in [-0.25, -0.2) is 4.98 Å². The number of unbranched alkanes of at least 4 members (excludes halogenated alkanes) is 1. The third kappa shape index (κ3) is 4.50. The SMILES string of the molecule is C=CCN1C[C@H](c2nc3ccccc3n2CCCCOc2cccc(C)c2C)CC1=O. The van der Waals surface area contributed by atoms with Crippen LogP contribution in [0.15, 0.2) is 55.1 Å². The van der Waals surface area contributed by atoms with Gasteiger partial charge in [-0.15, -0.1) is 6.58 Å². The first-order valence-corrected chi connectivity index (χ1v) is 11.1. The van der Waals surface area contributed by atoms with Gasteiger partial charge in [-0.3, -0.25) is 4.79 Å². The molecule has 1 amide bonds. The average molecular weight is 418 g/mol. The lowest BCUT2D eigenvalue weighted by Gasteiger charge is -2.16. The number of imidazole rings is 1. The Morgan fingerprint density at radius 1 is 1.16 bits per heavy atom. The monoisotopic (exact) mass is 417 g/mol. The smallest absolute Gasteiger partial charge is 0.223 e. The molecule has 2 heterocycles. The van der Waals surface area contributed by atoms with Crippen molar-refractivity contribution in [1.29, 1.82) is 0 Å². The van der Waals surface area contributed by atoms with E-state index in [0.29, 0.717) is 26.1 Å². The van der Waals surface area contributed by atoms with Crippen LogP contribution < -0.4 is 4.74 Å². The lowest BCUT2D eigenvalue weighted by atomic mass is 10.1. The summed E-state index contributed by atoms with van der Waals surface area (Å²) in [6.45, 7) is 10.9. The maximum Gasteiger partial charge on any atom is 0.223 e. The highest BCUT2D eigenvalue weighted by molar-refractivity contribution is 5.81. The molecule has 0 unspecified atom stereocenters. The van der Waals surface area contributed by atoms with Crippen LogP contribution in [0.3, 0.4) is 0 Å². The Morgan fingerprint density at radius 3 is 2.84 bits per heavy atom. The molecule has 1 fully saturated rings. The fraction of sp³-hybridized carbons (Fsp3) is 0.385. The van der Waals surface area contributed by atoms with E-state index in [1.54, 1.807) is 6.08 Å². The van der Waals surface area contributed by atoms with E-state index in [9.17, 15) is 4.79 Å². The summed E-state index contributed by atoms with van der Waals surface area (Å²) >= 11 is 0. The largest absolute Gasteiger partial charge is 0.493 e. The Kier molecular flexibility index (Phi) is 6.40. The van der Waals surface area contributed by atoms with Crippen molar-refractivity contribution in [3.8, 4) is 5.75 Å². The molecular weight excluding hydrogens is 386 g/mol. The molecule has 5 heteroatoms. The normalized spacial score (nSPS) is 16.3. The van der Waals surface area contributed by atoms with Crippen molar-refractivity contribution in [3.63, 3.8) is 0 Å². The van der Waals surface area contributed by atoms with Crippen LogP contribution in [-0.4, -0.2) is 40.1 Å². The summed E-state index contributed by atoms with van der Waals surface area (Å²) in [6.07, 6.45) is 4.27. The number of aryl methyl sites for hydroxylation is 2. The van der Waals surface area contributed by atoms with Crippen LogP contribution in [0.4, 0.5) is 0 Å². The number of hydrogen-bond acceptors (Lipinski definition) is 3. The summed E-state index contributed by atoms with van der Waals surface area (Å²) < 4.78 is 8.33. The zero-order valence-electron chi connectivity index (χ0n) is 18.5. The summed E-state index contributed by atoms with van der Waals surface area (Å²) in [7, 11) is 0. The molecule has 1 aliphatic rings. The molecule has 4 rings (SSSR count). The van der Waals surface area contributed by atoms with Crippen LogP contribution in [0, 0.1) is 13.8 Å². The maximum atomic E-state index is 12.4. The van der Waals surface area contributed by atoms with Gasteiger partial charge in [0.25, 0.3) is 0 Å². The van der Waals surface area contributed by atoms with E-state index in [-0.39, 0.29) is 11.8 Å². The summed E-state index contributed by atoms with van der Waals surface area (Å²) in [5.74, 6) is 2.31. The fourth-order valence-electron chi connectivity index (χ4n) is 4.35. The Morgan fingerprint density at radius 2 is 2.00 bits per heavy atom. The number of ether oxygens (including phenoxy) is 1. The van der Waals surface area contributed by atoms with Crippen molar-refractivity contribution in [1.82, 2.24) is 14.5 Å². The van der Waals surface area contributed by atoms with Crippen molar-refractivity contribution in [2.24, 2.45) is 0 Å². The highest BCUT2D eigenvalue weighted by Crippen LogP contribution is 2.30. The zero-order valence-corrected chi connectivity index (χ0v) is 18.5. The molecule has 0 N–H and O–H groups in total. The standard InChI is InChI=1S/C26H31N3O2/c1-4-14-28-18-21(17-25(28)30)26-27-22-11-5-6-12-23(22)29(26)15-7-8-16-31-24-13-9-10-19(2)20(24)3/h4-6,9-13,21H,1,7-8,14-18H2,2-3H3/t21-/m1/s1. The number of likely N-dealkylation sites (tertiary alicyclic amines) is 1. The van der Waals surface area contributed by atoms with Crippen molar-refractivity contribution in [3.05, 3.63) is 72.1 Å². The van der Waals surface area contributed by atoms with Gasteiger partial charge in [0, 0.05) is 32.0 Å². The molecule has 2 aromatic carbocycles. The van der Waals surface area contributed by atoms with Crippen LogP contribution in [0.1, 0.15) is 42.1 Å². The predicted molar refractivity (Wildman–Crippen MR) is 125 cm³/mol. The van der Waals surface area contributed by atoms with E-state index in [0.717, 1.165) is 42.0 Å². The molecule has 0 spiro atoms. The predicted octanol–water partition coefficient (Wildman–Crippen LogP) is 5.01. The van der Waals surface area contributed by atoms with Gasteiger partial charge in [0.2, 0.25) is 5.91 Å². The molecule has 1 atom stereocenters. The molecule has 0 radical (unpaired) electrons. The van der Waals surface area contributed by atoms with Gasteiger partial charge in [-0.1, -0.05) is 30.3 Å². The highest BCUT2D eigenvalue weighted by Gasteiger charge is 2.33. The van der Waals surface area contributed by atoms with E-state index in [1.165, 1.54) is 11.1 Å². The molecule has 0 aliphatic carbocycles. The number of fused-ring (bicyclic) bond motifs is 1. The molecule has 0 saturated carbocycles. The quantitative estimate of drug-likeness (QED) is 0.363. The molecule has 3 aromatic rings. The minimum Gasteiger partial charge on any atom is -0.493 e. The second kappa shape index (κ2) is 9.38. The van der Waals surface area contributed by atoms with Crippen LogP contribution in [-0.2, 0) is 11.3 Å². The summed E-state index contributed by atoms with van der Waals surface area (Å²) in [4.78, 5) is 19.2. The zero-order chi connectivity index (χ0) is 21.8. The Balaban J connectivity index is 1.43. The molecule has 31 heavy (non-hydrogen) atoms. The van der Waals surface area contributed by atoms with Gasteiger partial charge in [-0.05, 0) is 56.0 Å². The number of carbonyl (C=O) groups is 1. The number of nitrogens with zero attached hydrogens (tertiary/aromatic N) is 3. The van der Waals surface area contributed by atoms with E-state index < -0.39 is 0 Å². The van der Waals surface area contributed by atoms with E-state index >= 15 is 0 Å². The topological polar surface area (TPSA) is 47.4 Å². The number of amides is 1. The number of rotatable bonds is 9. The van der Waals surface area contributed by atoms with Crippen LogP contribution in [0.2, 0.25) is 0 Å². The molecular formula is C26H31N3O2. The second-order valence-electron chi connectivity index (χ2n) is 8.35. The molecule has 0 bridgehead atoms. The Hall–Kier alpha value is -3.08. The highest BCUT2D eigenvalue weighted by atomic mass is 16.5. The van der Waals surface area contributed by atoms with Crippen molar-refractivity contribution in [2.75, 3.05) is 19.7 Å². The summed E-state index contributed by atoms with van der Waals surface area (Å²) in [5.41, 5.74) is 4.60. The first-order valence-electron chi connectivity index (χ1n) is 11.1. The first kappa shape index (κ1) is 21.2. The number of carbonyl (C=O) groups excluding carboxylic acids is 1. The lowest BCUT2D eigenvalue weighted by molar-refractivity contribution is -0.127. The van der Waals surface area contributed by atoms with E-state index in [1.807, 2.05) is 23.1 Å². The molecule has 5 nitrogen and oxygen atoms in total. The van der Waals surface area contributed by atoms with Gasteiger partial charge in [0.15, 0.2) is 0 Å². The van der Waals surface area contributed by atoms with E-state index in [4.69, 9.17) is 9.72 Å². The second-order valence-corrected chi connectivity index (χ2v) is 8.35. The van der Waals surface area contributed by atoms with Crippen molar-refractivity contribution >= 4 is 16.9 Å². The van der Waals surface area contributed by atoms with Crippen molar-refractivity contribution in [2.45, 2.75) is 45.6 Å². The first-order chi connectivity index (χ1) is 15.1. The molecule has 1 aromatic heterocycles. The Bertz CT molecular complexity index is 1090. The molecule has 1 saturated heterocycles. The third-order valence-corrected chi connectivity index (χ3v) is 6.20. The number of aromatic nitrogens is 2. The van der Waals surface area contributed by atoms with Crippen LogP contribution >= 0.6 is 0 Å². The minimum absolute atomic E-state index is 0.131. The van der Waals surface area contributed by atoms with Crippen LogP contribution in [0.25, 0.3) is 11.0 Å². The van der Waals surface area contributed by atoms with Gasteiger partial charge < -0.3 is 14.2 Å². The van der Waals surface area contributed by atoms with Gasteiger partial charge in [0.05, 0.1) is 17.6 Å². The minimum atomic E-state index is 0.131. The summed E-state index contributed by atoms with van der Waals surface area (Å²) in [5, 5.41) is 0. The average Bonchev–Trinajstić information content (AvgIpc) is 3.31. The van der Waals surface area contributed by atoms with Gasteiger partial charge in [-0.2, -0.15) is 0 Å². The van der Waals surface area contributed by atoms with Crippen LogP contribution in [0.5, 0.6) is 5.75 Å². The molecule has 162 valence electrons. The number of benzene rings is 2. The van der Waals surface area contributed by atoms with Gasteiger partial charge in [0.1, 0.15) is 11.6 Å². The summed E-state index contributed by atoms with van der Waals surface area (Å²) in [6, 6.07) is 14.4.